The number of rotatable bonds is 33. The molecular formula is C26H52O12. The molecule has 12 heteroatoms. The molecule has 0 heterocycles. The molecule has 0 spiro atoms. The molecule has 0 fully saturated rings. The van der Waals surface area contributed by atoms with Crippen LogP contribution >= 0.6 is 0 Å². The Morgan fingerprint density at radius 3 is 0.842 bits per heavy atom. The molecule has 0 rings (SSSR count). The van der Waals surface area contributed by atoms with Gasteiger partial charge in [0.15, 0.2) is 0 Å². The fourth-order valence-electron chi connectivity index (χ4n) is 2.61. The SMILES string of the molecule is CCCC(=O)OCCOCCOCCOCCOCCOCCOCCOCCOCCOCCOCC. The van der Waals surface area contributed by atoms with Crippen molar-refractivity contribution >= 4 is 5.97 Å². The molecular weight excluding hydrogens is 504 g/mol. The topological polar surface area (TPSA) is 119 Å². The lowest BCUT2D eigenvalue weighted by Crippen LogP contribution is -2.15. The van der Waals surface area contributed by atoms with Crippen molar-refractivity contribution in [2.24, 2.45) is 0 Å². The van der Waals surface area contributed by atoms with E-state index in [9.17, 15) is 4.79 Å². The Kier molecular flexibility index (Phi) is 33.3. The van der Waals surface area contributed by atoms with Crippen LogP contribution in [0, 0.1) is 0 Å². The van der Waals surface area contributed by atoms with Gasteiger partial charge in [-0.1, -0.05) is 6.92 Å². The summed E-state index contributed by atoms with van der Waals surface area (Å²) in [4.78, 5) is 11.2. The predicted octanol–water partition coefficient (Wildman–Crippen LogP) is 1.52. The van der Waals surface area contributed by atoms with Crippen LogP contribution in [0.3, 0.4) is 0 Å². The van der Waals surface area contributed by atoms with Gasteiger partial charge in [0.1, 0.15) is 6.61 Å². The lowest BCUT2D eigenvalue weighted by Gasteiger charge is -2.09. The van der Waals surface area contributed by atoms with Gasteiger partial charge in [-0.15, -0.1) is 0 Å². The maximum atomic E-state index is 11.2. The molecule has 0 aliphatic heterocycles. The Morgan fingerprint density at radius 2 is 0.605 bits per heavy atom. The number of ether oxygens (including phenoxy) is 11. The number of hydrogen-bond donors (Lipinski definition) is 0. The summed E-state index contributed by atoms with van der Waals surface area (Å²) in [7, 11) is 0. The van der Waals surface area contributed by atoms with E-state index in [2.05, 4.69) is 0 Å². The lowest BCUT2D eigenvalue weighted by atomic mass is 10.3. The van der Waals surface area contributed by atoms with Gasteiger partial charge in [0, 0.05) is 13.0 Å². The van der Waals surface area contributed by atoms with Crippen molar-refractivity contribution in [3.63, 3.8) is 0 Å². The third kappa shape index (κ3) is 33.1. The lowest BCUT2D eigenvalue weighted by molar-refractivity contribution is -0.145. The molecule has 0 atom stereocenters. The predicted molar refractivity (Wildman–Crippen MR) is 140 cm³/mol. The number of esters is 1. The highest BCUT2D eigenvalue weighted by atomic mass is 16.6. The third-order valence-corrected chi connectivity index (χ3v) is 4.50. The third-order valence-electron chi connectivity index (χ3n) is 4.50. The Hall–Kier alpha value is -0.930. The van der Waals surface area contributed by atoms with Gasteiger partial charge in [-0.25, -0.2) is 0 Å². The van der Waals surface area contributed by atoms with Crippen LogP contribution in [0.25, 0.3) is 0 Å². The second kappa shape index (κ2) is 34.1. The Labute approximate surface area is 228 Å². The van der Waals surface area contributed by atoms with E-state index in [1.807, 2.05) is 13.8 Å². The van der Waals surface area contributed by atoms with E-state index in [0.29, 0.717) is 139 Å². The van der Waals surface area contributed by atoms with Crippen molar-refractivity contribution in [3.8, 4) is 0 Å². The quantitative estimate of drug-likeness (QED) is 0.0861. The Morgan fingerprint density at radius 1 is 0.368 bits per heavy atom. The number of carbonyl (C=O) groups excluding carboxylic acids is 1. The molecule has 0 aliphatic rings. The van der Waals surface area contributed by atoms with E-state index in [1.165, 1.54) is 0 Å². The molecule has 0 unspecified atom stereocenters. The standard InChI is InChI=1S/C26H52O12/c1-3-5-26(27)38-25-24-37-23-22-36-21-20-35-19-18-34-17-16-33-15-14-32-13-12-31-11-10-30-9-8-29-7-6-28-4-2/h3-25H2,1-2H3. The van der Waals surface area contributed by atoms with Crippen molar-refractivity contribution in [1.29, 1.82) is 0 Å². The first kappa shape index (κ1) is 37.1. The molecule has 0 amide bonds. The Balaban J connectivity index is 3.04. The average Bonchev–Trinajstić information content (AvgIpc) is 2.92. The monoisotopic (exact) mass is 556 g/mol. The zero-order valence-electron chi connectivity index (χ0n) is 23.7. The van der Waals surface area contributed by atoms with E-state index in [-0.39, 0.29) is 12.6 Å². The van der Waals surface area contributed by atoms with Crippen molar-refractivity contribution < 1.29 is 56.9 Å². The highest BCUT2D eigenvalue weighted by Gasteiger charge is 2.00. The van der Waals surface area contributed by atoms with Crippen LogP contribution in [0.2, 0.25) is 0 Å². The van der Waals surface area contributed by atoms with E-state index in [4.69, 9.17) is 52.1 Å². The van der Waals surface area contributed by atoms with Gasteiger partial charge >= 0.3 is 5.97 Å². The van der Waals surface area contributed by atoms with E-state index < -0.39 is 0 Å². The van der Waals surface area contributed by atoms with Crippen LogP contribution in [-0.4, -0.2) is 145 Å². The normalized spacial score (nSPS) is 11.3. The van der Waals surface area contributed by atoms with Gasteiger partial charge in [-0.2, -0.15) is 0 Å². The van der Waals surface area contributed by atoms with Crippen molar-refractivity contribution in [3.05, 3.63) is 0 Å². The number of carbonyl (C=O) groups is 1. The van der Waals surface area contributed by atoms with Crippen LogP contribution in [0.5, 0.6) is 0 Å². The van der Waals surface area contributed by atoms with Gasteiger partial charge in [0.2, 0.25) is 0 Å². The molecule has 0 aromatic carbocycles. The van der Waals surface area contributed by atoms with Crippen LogP contribution in [0.1, 0.15) is 26.7 Å². The van der Waals surface area contributed by atoms with Gasteiger partial charge in [-0.3, -0.25) is 4.79 Å². The van der Waals surface area contributed by atoms with Gasteiger partial charge in [-0.05, 0) is 13.3 Å². The molecule has 0 aromatic heterocycles. The van der Waals surface area contributed by atoms with Crippen LogP contribution in [-0.2, 0) is 56.9 Å². The van der Waals surface area contributed by atoms with Crippen molar-refractivity contribution in [1.82, 2.24) is 0 Å². The largest absolute Gasteiger partial charge is 0.463 e. The minimum absolute atomic E-state index is 0.186. The molecule has 0 N–H and O–H groups in total. The second-order valence-electron chi connectivity index (χ2n) is 7.68. The molecule has 0 aliphatic carbocycles. The first-order chi connectivity index (χ1) is 18.8. The van der Waals surface area contributed by atoms with Gasteiger partial charge in [0.25, 0.3) is 0 Å². The fraction of sp³-hybridized carbons (Fsp3) is 0.962. The smallest absolute Gasteiger partial charge is 0.305 e. The minimum Gasteiger partial charge on any atom is -0.463 e. The summed E-state index contributed by atoms with van der Waals surface area (Å²) < 4.78 is 58.8. The van der Waals surface area contributed by atoms with E-state index in [1.54, 1.807) is 0 Å². The fourth-order valence-corrected chi connectivity index (χ4v) is 2.61. The molecule has 0 bridgehead atoms. The minimum atomic E-state index is -0.186. The van der Waals surface area contributed by atoms with Crippen LogP contribution < -0.4 is 0 Å². The Bertz CT molecular complexity index is 456. The molecule has 0 saturated carbocycles. The van der Waals surface area contributed by atoms with Crippen molar-refractivity contribution in [2.45, 2.75) is 26.7 Å². The average molecular weight is 557 g/mol. The first-order valence-electron chi connectivity index (χ1n) is 13.7. The summed E-state index contributed by atoms with van der Waals surface area (Å²) in [5, 5.41) is 0. The summed E-state index contributed by atoms with van der Waals surface area (Å²) in [6.45, 7) is 14.6. The van der Waals surface area contributed by atoms with Crippen molar-refractivity contribution in [2.75, 3.05) is 139 Å². The molecule has 0 saturated heterocycles. The van der Waals surface area contributed by atoms with E-state index in [0.717, 1.165) is 6.42 Å². The highest BCUT2D eigenvalue weighted by Crippen LogP contribution is 1.91. The summed E-state index contributed by atoms with van der Waals surface area (Å²) in [5.41, 5.74) is 0. The molecule has 0 radical (unpaired) electrons. The van der Waals surface area contributed by atoms with E-state index >= 15 is 0 Å². The highest BCUT2D eigenvalue weighted by molar-refractivity contribution is 5.69. The molecule has 0 aromatic rings. The van der Waals surface area contributed by atoms with Gasteiger partial charge < -0.3 is 52.1 Å². The molecule has 228 valence electrons. The maximum absolute atomic E-state index is 11.2. The molecule has 12 nitrogen and oxygen atoms in total. The number of hydrogen-bond acceptors (Lipinski definition) is 12. The zero-order chi connectivity index (χ0) is 27.6. The summed E-state index contributed by atoms with van der Waals surface area (Å²) in [6, 6.07) is 0. The molecule has 38 heavy (non-hydrogen) atoms. The summed E-state index contributed by atoms with van der Waals surface area (Å²) >= 11 is 0. The zero-order valence-corrected chi connectivity index (χ0v) is 23.7. The second-order valence-corrected chi connectivity index (χ2v) is 7.68. The maximum Gasteiger partial charge on any atom is 0.305 e. The van der Waals surface area contributed by atoms with Crippen LogP contribution in [0.15, 0.2) is 0 Å². The van der Waals surface area contributed by atoms with Crippen LogP contribution in [0.4, 0.5) is 0 Å². The summed E-state index contributed by atoms with van der Waals surface area (Å²) in [6.07, 6.45) is 1.23. The first-order valence-corrected chi connectivity index (χ1v) is 13.7. The van der Waals surface area contributed by atoms with Gasteiger partial charge in [0.05, 0.1) is 126 Å². The summed E-state index contributed by atoms with van der Waals surface area (Å²) in [5.74, 6) is -0.186.